The van der Waals surface area contributed by atoms with E-state index in [0.29, 0.717) is 0 Å². The van der Waals surface area contributed by atoms with Crippen LogP contribution in [0, 0.1) is 17.8 Å². The van der Waals surface area contributed by atoms with Gasteiger partial charge >= 0.3 is 18.1 Å². The molecule has 1 saturated heterocycles. The second-order valence-corrected chi connectivity index (χ2v) is 13.8. The van der Waals surface area contributed by atoms with Gasteiger partial charge in [0, 0.05) is 25.9 Å². The van der Waals surface area contributed by atoms with E-state index in [1.807, 2.05) is 32.1 Å². The molecule has 0 spiro atoms. The molecule has 0 bridgehead atoms. The van der Waals surface area contributed by atoms with Gasteiger partial charge in [0.1, 0.15) is 18.3 Å². The minimum Gasteiger partial charge on any atom is -0.462 e. The predicted molar refractivity (Wildman–Crippen MR) is 187 cm³/mol. The molecule has 2 N–H and O–H groups in total. The van der Waals surface area contributed by atoms with Crippen molar-refractivity contribution in [2.75, 3.05) is 7.11 Å². The van der Waals surface area contributed by atoms with Crippen molar-refractivity contribution < 1.29 is 48.3 Å². The maximum atomic E-state index is 11.7. The molecule has 0 aliphatic carbocycles. The lowest BCUT2D eigenvalue weighted by atomic mass is 9.88. The van der Waals surface area contributed by atoms with E-state index in [1.165, 1.54) is 13.8 Å². The van der Waals surface area contributed by atoms with Gasteiger partial charge in [-0.05, 0) is 59.3 Å². The fraction of sp³-hybridized carbons (Fsp3) is 0.750. The van der Waals surface area contributed by atoms with Gasteiger partial charge < -0.3 is 33.9 Å². The molecule has 1 aliphatic heterocycles. The fourth-order valence-corrected chi connectivity index (χ4v) is 5.71. The zero-order valence-corrected chi connectivity index (χ0v) is 31.7. The van der Waals surface area contributed by atoms with Gasteiger partial charge in [-0.25, -0.2) is 4.79 Å². The van der Waals surface area contributed by atoms with E-state index >= 15 is 0 Å². The highest BCUT2D eigenvalue weighted by Gasteiger charge is 2.46. The predicted octanol–water partition coefficient (Wildman–Crippen LogP) is 7.24. The number of allylic oxidation sites excluding steroid dienone is 4. The minimum atomic E-state index is -1.28. The SMILES string of the molecule is C/C=C\C=C\CC(C)C1OC(=O)OC1C(Br)C(C)C(CCC)OC.C=CC(C)C(C)OC(=O)CC(O)CCC(C)(O)C(C)OC(C)=O. The fourth-order valence-electron chi connectivity index (χ4n) is 4.96. The molecule has 47 heavy (non-hydrogen) atoms. The summed E-state index contributed by atoms with van der Waals surface area (Å²) >= 11 is 3.74. The smallest absolute Gasteiger partial charge is 0.462 e. The highest BCUT2D eigenvalue weighted by molar-refractivity contribution is 9.09. The molecule has 11 atom stereocenters. The average Bonchev–Trinajstić information content (AvgIpc) is 3.41. The van der Waals surface area contributed by atoms with Gasteiger partial charge in [0.05, 0.1) is 29.1 Å². The monoisotopic (exact) mass is 732 g/mol. The lowest BCUT2D eigenvalue weighted by molar-refractivity contribution is -0.160. The third-order valence-corrected chi connectivity index (χ3v) is 9.96. The van der Waals surface area contributed by atoms with Crippen LogP contribution in [0.4, 0.5) is 4.79 Å². The van der Waals surface area contributed by atoms with Gasteiger partial charge in [0.2, 0.25) is 0 Å². The quantitative estimate of drug-likeness (QED) is 0.0433. The third-order valence-electron chi connectivity index (χ3n) is 8.61. The summed E-state index contributed by atoms with van der Waals surface area (Å²) in [6.07, 6.45) is 9.95. The Bertz CT molecular complexity index is 996. The van der Waals surface area contributed by atoms with Crippen LogP contribution < -0.4 is 0 Å². The number of alkyl halides is 1. The first kappa shape index (κ1) is 44.8. The summed E-state index contributed by atoms with van der Waals surface area (Å²) in [6, 6.07) is 0. The number of ether oxygens (including phenoxy) is 5. The Hall–Kier alpha value is -2.21. The number of carbonyl (C=O) groups excluding carboxylic acids is 3. The maximum Gasteiger partial charge on any atom is 0.509 e. The summed E-state index contributed by atoms with van der Waals surface area (Å²) in [6.45, 7) is 20.0. The Morgan fingerprint density at radius 1 is 1.09 bits per heavy atom. The minimum absolute atomic E-state index is 0.00702. The van der Waals surface area contributed by atoms with Gasteiger partial charge in [0.15, 0.2) is 6.10 Å². The van der Waals surface area contributed by atoms with Crippen LogP contribution in [0.15, 0.2) is 37.0 Å². The van der Waals surface area contributed by atoms with E-state index in [2.05, 4.69) is 49.4 Å². The highest BCUT2D eigenvalue weighted by atomic mass is 79.9. The van der Waals surface area contributed by atoms with E-state index in [9.17, 15) is 24.6 Å². The number of carbonyl (C=O) groups is 3. The van der Waals surface area contributed by atoms with Crippen molar-refractivity contribution in [1.29, 1.82) is 0 Å². The molecular formula is C36H61BrO10. The molecule has 1 aliphatic rings. The standard InChI is InChI=1S/C19H31BrO4.C17H30O6/c1-6-8-9-10-12-13(3)17-18(24-19(21)23-17)16(20)14(4)15(22-5)11-7-2;1-7-11(2)12(3)22-16(20)10-15(19)8-9-17(6,21)13(4)23-14(5)18/h6,8-10,13-18H,7,11-12H2,1-5H3;7,11-13,15,19,21H,1,8-10H2,2-6H3/b8-6-,10-9+;. The molecule has 11 heteroatoms. The van der Waals surface area contributed by atoms with Gasteiger partial charge in [0.25, 0.3) is 0 Å². The number of aliphatic hydroxyl groups is 2. The zero-order chi connectivity index (χ0) is 36.3. The van der Waals surface area contributed by atoms with E-state index < -0.39 is 35.9 Å². The highest BCUT2D eigenvalue weighted by Crippen LogP contribution is 2.35. The lowest BCUT2D eigenvalue weighted by Gasteiger charge is -2.31. The number of esters is 2. The van der Waals surface area contributed by atoms with Gasteiger partial charge in [-0.3, -0.25) is 9.59 Å². The van der Waals surface area contributed by atoms with Crippen LogP contribution in [0.1, 0.15) is 101 Å². The van der Waals surface area contributed by atoms with Crippen molar-refractivity contribution in [2.45, 2.75) is 148 Å². The van der Waals surface area contributed by atoms with Crippen LogP contribution in [0.3, 0.4) is 0 Å². The molecule has 0 aromatic rings. The van der Waals surface area contributed by atoms with Crippen LogP contribution in [-0.4, -0.2) is 82.5 Å². The molecule has 10 nitrogen and oxygen atoms in total. The summed E-state index contributed by atoms with van der Waals surface area (Å²) < 4.78 is 26.7. The number of halogens is 1. The Morgan fingerprint density at radius 3 is 2.23 bits per heavy atom. The first-order valence-electron chi connectivity index (χ1n) is 16.7. The largest absolute Gasteiger partial charge is 0.509 e. The first-order chi connectivity index (χ1) is 21.9. The van der Waals surface area contributed by atoms with Crippen LogP contribution >= 0.6 is 15.9 Å². The third kappa shape index (κ3) is 17.1. The van der Waals surface area contributed by atoms with Crippen molar-refractivity contribution in [3.05, 3.63) is 37.0 Å². The molecule has 0 aromatic carbocycles. The van der Waals surface area contributed by atoms with Gasteiger partial charge in [-0.2, -0.15) is 0 Å². The molecular weight excluding hydrogens is 672 g/mol. The Balaban J connectivity index is 0.000000902. The first-order valence-corrected chi connectivity index (χ1v) is 17.6. The Morgan fingerprint density at radius 2 is 1.70 bits per heavy atom. The summed E-state index contributed by atoms with van der Waals surface area (Å²) in [5, 5.41) is 20.2. The Kier molecular flexibility index (Phi) is 22.1. The van der Waals surface area contributed by atoms with E-state index in [0.717, 1.165) is 19.3 Å². The van der Waals surface area contributed by atoms with E-state index in [-0.39, 0.29) is 66.3 Å². The van der Waals surface area contributed by atoms with Crippen LogP contribution in [0.2, 0.25) is 0 Å². The number of hydrogen-bond acceptors (Lipinski definition) is 10. The number of hydrogen-bond donors (Lipinski definition) is 2. The Labute approximate surface area is 291 Å². The molecule has 1 rings (SSSR count). The molecule has 0 radical (unpaired) electrons. The van der Waals surface area contributed by atoms with Gasteiger partial charge in [-0.15, -0.1) is 6.58 Å². The number of rotatable bonds is 20. The van der Waals surface area contributed by atoms with Crippen molar-refractivity contribution in [1.82, 2.24) is 0 Å². The maximum absolute atomic E-state index is 11.7. The molecule has 0 amide bonds. The molecule has 11 unspecified atom stereocenters. The van der Waals surface area contributed by atoms with Crippen molar-refractivity contribution in [3.8, 4) is 0 Å². The summed E-state index contributed by atoms with van der Waals surface area (Å²) in [4.78, 5) is 34.4. The van der Waals surface area contributed by atoms with Crippen LogP contribution in [0.25, 0.3) is 0 Å². The number of aliphatic hydroxyl groups excluding tert-OH is 1. The second-order valence-electron chi connectivity index (χ2n) is 12.7. The normalized spacial score (nSPS) is 22.7. The van der Waals surface area contributed by atoms with Crippen molar-refractivity contribution in [2.24, 2.45) is 17.8 Å². The van der Waals surface area contributed by atoms with E-state index in [1.54, 1.807) is 27.0 Å². The van der Waals surface area contributed by atoms with E-state index in [4.69, 9.17) is 23.7 Å². The summed E-state index contributed by atoms with van der Waals surface area (Å²) in [5.41, 5.74) is -1.28. The zero-order valence-electron chi connectivity index (χ0n) is 30.1. The van der Waals surface area contributed by atoms with Crippen LogP contribution in [0.5, 0.6) is 0 Å². The summed E-state index contributed by atoms with van der Waals surface area (Å²) in [5.74, 6) is -0.551. The van der Waals surface area contributed by atoms with Crippen LogP contribution in [-0.2, 0) is 33.3 Å². The number of cyclic esters (lactones) is 2. The summed E-state index contributed by atoms with van der Waals surface area (Å²) in [7, 11) is 1.74. The molecule has 272 valence electrons. The molecule has 1 fully saturated rings. The average molecular weight is 734 g/mol. The number of methoxy groups -OCH3 is 1. The van der Waals surface area contributed by atoms with Gasteiger partial charge in [-0.1, -0.05) is 80.4 Å². The van der Waals surface area contributed by atoms with Crippen molar-refractivity contribution in [3.63, 3.8) is 0 Å². The lowest BCUT2D eigenvalue weighted by Crippen LogP contribution is -2.42. The second kappa shape index (κ2) is 23.2. The van der Waals surface area contributed by atoms with Crippen molar-refractivity contribution >= 4 is 34.0 Å². The molecule has 1 heterocycles. The topological polar surface area (TPSA) is 138 Å². The molecule has 0 aromatic heterocycles. The molecule has 0 saturated carbocycles.